The number of thiazole rings is 1. The van der Waals surface area contributed by atoms with E-state index in [1.165, 1.54) is 16.7 Å². The van der Waals surface area contributed by atoms with Crippen molar-refractivity contribution in [3.05, 3.63) is 51.0 Å². The van der Waals surface area contributed by atoms with E-state index in [9.17, 15) is 0 Å². The quantitative estimate of drug-likeness (QED) is 0.885. The largest absolute Gasteiger partial charge is 0.305 e. The minimum Gasteiger partial charge on any atom is -0.305 e. The zero-order chi connectivity index (χ0) is 13.8. The molecule has 102 valence electrons. The minimum absolute atomic E-state index is 0.212. The highest BCUT2D eigenvalue weighted by atomic mass is 32.1. The zero-order valence-corrected chi connectivity index (χ0v) is 13.0. The Hall–Kier alpha value is -1.19. The highest BCUT2D eigenvalue weighted by Crippen LogP contribution is 2.25. The Bertz CT molecular complexity index is 525. The predicted molar refractivity (Wildman–Crippen MR) is 82.9 cm³/mol. The van der Waals surface area contributed by atoms with Crippen LogP contribution in [-0.4, -0.2) is 11.5 Å². The SMILES string of the molecule is CCCNC(c1cc(C)cc(C)c1)c1csc(C)n1. The van der Waals surface area contributed by atoms with E-state index in [0.29, 0.717) is 0 Å². The number of hydrogen-bond donors (Lipinski definition) is 1. The fourth-order valence-corrected chi connectivity index (χ4v) is 3.01. The normalized spacial score (nSPS) is 12.6. The number of rotatable bonds is 5. The molecule has 0 aliphatic rings. The summed E-state index contributed by atoms with van der Waals surface area (Å²) in [5, 5.41) is 6.91. The van der Waals surface area contributed by atoms with Crippen LogP contribution >= 0.6 is 11.3 Å². The van der Waals surface area contributed by atoms with Gasteiger partial charge in [-0.15, -0.1) is 11.3 Å². The van der Waals surface area contributed by atoms with E-state index in [1.54, 1.807) is 11.3 Å². The van der Waals surface area contributed by atoms with E-state index in [2.05, 4.69) is 61.6 Å². The number of aromatic nitrogens is 1. The maximum atomic E-state index is 4.66. The average Bonchev–Trinajstić information content (AvgIpc) is 2.75. The van der Waals surface area contributed by atoms with Crippen LogP contribution in [0.3, 0.4) is 0 Å². The van der Waals surface area contributed by atoms with Gasteiger partial charge in [0.05, 0.1) is 16.7 Å². The molecule has 0 aliphatic heterocycles. The number of nitrogens with zero attached hydrogens (tertiary/aromatic N) is 1. The first kappa shape index (κ1) is 14.2. The highest BCUT2D eigenvalue weighted by Gasteiger charge is 2.16. The summed E-state index contributed by atoms with van der Waals surface area (Å²) in [6, 6.07) is 6.94. The van der Waals surface area contributed by atoms with Crippen LogP contribution in [0, 0.1) is 20.8 Å². The second-order valence-corrected chi connectivity index (χ2v) is 6.16. The van der Waals surface area contributed by atoms with Crippen LogP contribution in [0.1, 0.15) is 46.8 Å². The van der Waals surface area contributed by atoms with Crippen molar-refractivity contribution >= 4 is 11.3 Å². The van der Waals surface area contributed by atoms with Gasteiger partial charge in [-0.05, 0) is 39.3 Å². The lowest BCUT2D eigenvalue weighted by Gasteiger charge is -2.18. The Labute approximate surface area is 119 Å². The molecule has 1 heterocycles. The van der Waals surface area contributed by atoms with Gasteiger partial charge in [-0.2, -0.15) is 0 Å². The van der Waals surface area contributed by atoms with Gasteiger partial charge in [0.2, 0.25) is 0 Å². The average molecular weight is 274 g/mol. The lowest BCUT2D eigenvalue weighted by atomic mass is 9.99. The summed E-state index contributed by atoms with van der Waals surface area (Å²) >= 11 is 1.72. The van der Waals surface area contributed by atoms with Crippen molar-refractivity contribution in [2.75, 3.05) is 6.54 Å². The summed E-state index contributed by atoms with van der Waals surface area (Å²) in [6.07, 6.45) is 1.13. The maximum absolute atomic E-state index is 4.66. The second kappa shape index (κ2) is 6.31. The molecule has 0 aliphatic carbocycles. The standard InChI is InChI=1S/C16H22N2S/c1-5-6-17-16(15-10-19-13(4)18-15)14-8-11(2)7-12(3)9-14/h7-10,16-17H,5-6H2,1-4H3. The Morgan fingerprint density at radius 2 is 1.84 bits per heavy atom. The molecule has 2 aromatic rings. The third-order valence-electron chi connectivity index (χ3n) is 3.11. The molecule has 1 N–H and O–H groups in total. The molecule has 1 atom stereocenters. The van der Waals surface area contributed by atoms with Gasteiger partial charge in [0, 0.05) is 5.38 Å². The van der Waals surface area contributed by atoms with Crippen molar-refractivity contribution < 1.29 is 0 Å². The van der Waals surface area contributed by atoms with Crippen molar-refractivity contribution in [1.82, 2.24) is 10.3 Å². The molecule has 0 saturated heterocycles. The molecule has 1 unspecified atom stereocenters. The van der Waals surface area contributed by atoms with Crippen LogP contribution in [0.2, 0.25) is 0 Å². The number of nitrogens with one attached hydrogen (secondary N) is 1. The number of aryl methyl sites for hydroxylation is 3. The third kappa shape index (κ3) is 3.64. The topological polar surface area (TPSA) is 24.9 Å². The summed E-state index contributed by atoms with van der Waals surface area (Å²) < 4.78 is 0. The van der Waals surface area contributed by atoms with E-state index in [-0.39, 0.29) is 6.04 Å². The van der Waals surface area contributed by atoms with Gasteiger partial charge >= 0.3 is 0 Å². The van der Waals surface area contributed by atoms with Gasteiger partial charge < -0.3 is 5.32 Å². The summed E-state index contributed by atoms with van der Waals surface area (Å²) in [5.74, 6) is 0. The summed E-state index contributed by atoms with van der Waals surface area (Å²) in [4.78, 5) is 4.66. The van der Waals surface area contributed by atoms with Crippen molar-refractivity contribution in [2.45, 2.75) is 40.2 Å². The lowest BCUT2D eigenvalue weighted by molar-refractivity contribution is 0.587. The van der Waals surface area contributed by atoms with Crippen LogP contribution in [0.5, 0.6) is 0 Å². The fourth-order valence-electron chi connectivity index (χ4n) is 2.37. The monoisotopic (exact) mass is 274 g/mol. The molecule has 0 spiro atoms. The molecule has 0 fully saturated rings. The first-order valence-corrected chi connectivity index (χ1v) is 7.71. The molecule has 19 heavy (non-hydrogen) atoms. The molecule has 2 nitrogen and oxygen atoms in total. The molecule has 1 aromatic heterocycles. The van der Waals surface area contributed by atoms with Gasteiger partial charge in [0.15, 0.2) is 0 Å². The Kier molecular flexibility index (Phi) is 4.72. The summed E-state index contributed by atoms with van der Waals surface area (Å²) in [6.45, 7) is 9.57. The maximum Gasteiger partial charge on any atom is 0.0898 e. The second-order valence-electron chi connectivity index (χ2n) is 5.10. The number of hydrogen-bond acceptors (Lipinski definition) is 3. The smallest absolute Gasteiger partial charge is 0.0898 e. The van der Waals surface area contributed by atoms with Crippen molar-refractivity contribution in [3.63, 3.8) is 0 Å². The number of benzene rings is 1. The van der Waals surface area contributed by atoms with E-state index in [4.69, 9.17) is 0 Å². The zero-order valence-electron chi connectivity index (χ0n) is 12.2. The summed E-state index contributed by atoms with van der Waals surface area (Å²) in [7, 11) is 0. The van der Waals surface area contributed by atoms with Gasteiger partial charge in [0.1, 0.15) is 0 Å². The molecule has 2 rings (SSSR count). The Morgan fingerprint density at radius 1 is 1.16 bits per heavy atom. The Morgan fingerprint density at radius 3 is 2.37 bits per heavy atom. The van der Waals surface area contributed by atoms with Crippen molar-refractivity contribution in [3.8, 4) is 0 Å². The van der Waals surface area contributed by atoms with Crippen LogP contribution in [0.15, 0.2) is 23.6 Å². The van der Waals surface area contributed by atoms with Crippen LogP contribution in [0.25, 0.3) is 0 Å². The molecular formula is C16H22N2S. The molecule has 0 bridgehead atoms. The first-order chi connectivity index (χ1) is 9.10. The third-order valence-corrected chi connectivity index (χ3v) is 3.90. The van der Waals surface area contributed by atoms with Crippen LogP contribution in [0.4, 0.5) is 0 Å². The molecular weight excluding hydrogens is 252 g/mol. The molecule has 1 aromatic carbocycles. The van der Waals surface area contributed by atoms with Gasteiger partial charge in [-0.25, -0.2) is 4.98 Å². The highest BCUT2D eigenvalue weighted by molar-refractivity contribution is 7.09. The summed E-state index contributed by atoms with van der Waals surface area (Å²) in [5.41, 5.74) is 5.08. The lowest BCUT2D eigenvalue weighted by Crippen LogP contribution is -2.23. The van der Waals surface area contributed by atoms with Gasteiger partial charge in [0.25, 0.3) is 0 Å². The first-order valence-electron chi connectivity index (χ1n) is 6.83. The van der Waals surface area contributed by atoms with E-state index >= 15 is 0 Å². The van der Waals surface area contributed by atoms with Gasteiger partial charge in [-0.3, -0.25) is 0 Å². The van der Waals surface area contributed by atoms with Crippen molar-refractivity contribution in [1.29, 1.82) is 0 Å². The molecule has 0 radical (unpaired) electrons. The van der Waals surface area contributed by atoms with E-state index < -0.39 is 0 Å². The minimum atomic E-state index is 0.212. The molecule has 3 heteroatoms. The van der Waals surface area contributed by atoms with Crippen LogP contribution < -0.4 is 5.32 Å². The Balaban J connectivity index is 2.36. The molecule has 0 saturated carbocycles. The predicted octanol–water partition coefficient (Wildman–Crippen LogP) is 4.16. The fraction of sp³-hybridized carbons (Fsp3) is 0.438. The van der Waals surface area contributed by atoms with E-state index in [0.717, 1.165) is 23.7 Å². The van der Waals surface area contributed by atoms with E-state index in [1.807, 2.05) is 0 Å². The molecule has 0 amide bonds. The van der Waals surface area contributed by atoms with Crippen LogP contribution in [-0.2, 0) is 0 Å². The van der Waals surface area contributed by atoms with Gasteiger partial charge in [-0.1, -0.05) is 36.2 Å². The van der Waals surface area contributed by atoms with Crippen molar-refractivity contribution in [2.24, 2.45) is 0 Å².